The Bertz CT molecular complexity index is 1000. The lowest BCUT2D eigenvalue weighted by Gasteiger charge is -2.31. The highest BCUT2D eigenvalue weighted by molar-refractivity contribution is 7.88. The van der Waals surface area contributed by atoms with Gasteiger partial charge in [0.1, 0.15) is 6.04 Å². The minimum Gasteiger partial charge on any atom is -0.382 e. The van der Waals surface area contributed by atoms with E-state index in [9.17, 15) is 18.0 Å². The van der Waals surface area contributed by atoms with Crippen LogP contribution >= 0.6 is 0 Å². The molecular weight excluding hydrogens is 454 g/mol. The van der Waals surface area contributed by atoms with E-state index in [0.29, 0.717) is 26.2 Å². The van der Waals surface area contributed by atoms with Crippen LogP contribution in [0, 0.1) is 0 Å². The molecule has 0 aromatic heterocycles. The van der Waals surface area contributed by atoms with Crippen molar-refractivity contribution in [3.63, 3.8) is 0 Å². The van der Waals surface area contributed by atoms with Crippen molar-refractivity contribution in [1.29, 1.82) is 0 Å². The Kier molecular flexibility index (Phi) is 11.2. The number of hydrogen-bond donors (Lipinski definition) is 1. The lowest BCUT2D eigenvalue weighted by molar-refractivity contribution is -0.140. The van der Waals surface area contributed by atoms with Crippen LogP contribution in [-0.4, -0.2) is 68.0 Å². The van der Waals surface area contributed by atoms with E-state index >= 15 is 0 Å². The molecule has 0 fully saturated rings. The molecule has 2 aromatic carbocycles. The van der Waals surface area contributed by atoms with E-state index in [1.165, 1.54) is 4.90 Å². The summed E-state index contributed by atoms with van der Waals surface area (Å²) < 4.78 is 31.3. The molecule has 0 bridgehead atoms. The molecule has 0 heterocycles. The Balaban J connectivity index is 2.17. The van der Waals surface area contributed by atoms with Crippen molar-refractivity contribution in [3.05, 3.63) is 71.8 Å². The van der Waals surface area contributed by atoms with Gasteiger partial charge in [-0.05, 0) is 31.4 Å². The normalized spacial score (nSPS) is 12.4. The predicted molar refractivity (Wildman–Crippen MR) is 132 cm³/mol. The summed E-state index contributed by atoms with van der Waals surface area (Å²) in [6, 6.07) is 17.6. The zero-order valence-electron chi connectivity index (χ0n) is 20.1. The minimum atomic E-state index is -3.66. The summed E-state index contributed by atoms with van der Waals surface area (Å²) in [7, 11) is -3.66. The first-order valence-corrected chi connectivity index (χ1v) is 13.2. The zero-order valence-corrected chi connectivity index (χ0v) is 21.0. The van der Waals surface area contributed by atoms with Gasteiger partial charge >= 0.3 is 0 Å². The molecule has 2 aromatic rings. The maximum atomic E-state index is 13.4. The zero-order chi connectivity index (χ0) is 25.0. The third-order valence-electron chi connectivity index (χ3n) is 5.31. The summed E-state index contributed by atoms with van der Waals surface area (Å²) in [6.07, 6.45) is 1.75. The number of carbonyl (C=O) groups is 2. The van der Waals surface area contributed by atoms with Crippen LogP contribution in [0.2, 0.25) is 0 Å². The summed E-state index contributed by atoms with van der Waals surface area (Å²) >= 11 is 0. The van der Waals surface area contributed by atoms with Crippen molar-refractivity contribution in [2.45, 2.75) is 39.4 Å². The molecule has 186 valence electrons. The largest absolute Gasteiger partial charge is 0.382 e. The van der Waals surface area contributed by atoms with Gasteiger partial charge in [-0.15, -0.1) is 0 Å². The van der Waals surface area contributed by atoms with Crippen molar-refractivity contribution in [2.75, 3.05) is 32.6 Å². The van der Waals surface area contributed by atoms with Crippen LogP contribution in [0.5, 0.6) is 0 Å². The molecule has 0 aliphatic carbocycles. The number of sulfonamides is 1. The number of nitrogens with one attached hydrogen (secondary N) is 1. The lowest BCUT2D eigenvalue weighted by atomic mass is 10.1. The van der Waals surface area contributed by atoms with Crippen LogP contribution < -0.4 is 5.32 Å². The topological polar surface area (TPSA) is 96.0 Å². The average molecular weight is 490 g/mol. The van der Waals surface area contributed by atoms with Crippen molar-refractivity contribution < 1.29 is 22.7 Å². The highest BCUT2D eigenvalue weighted by Crippen LogP contribution is 2.13. The number of benzene rings is 2. The summed E-state index contributed by atoms with van der Waals surface area (Å²) in [5, 5.41) is 2.84. The number of amides is 2. The molecule has 1 unspecified atom stereocenters. The van der Waals surface area contributed by atoms with Crippen LogP contribution in [0.4, 0.5) is 0 Å². The van der Waals surface area contributed by atoms with E-state index in [2.05, 4.69) is 5.32 Å². The molecule has 8 nitrogen and oxygen atoms in total. The molecule has 9 heteroatoms. The molecule has 0 spiro atoms. The summed E-state index contributed by atoms with van der Waals surface area (Å²) in [5.74, 6) is -0.739. The number of nitrogens with zero attached hydrogens (tertiary/aromatic N) is 2. The minimum absolute atomic E-state index is 0.0720. The van der Waals surface area contributed by atoms with E-state index in [-0.39, 0.29) is 25.5 Å². The van der Waals surface area contributed by atoms with Gasteiger partial charge in [0.05, 0.1) is 12.8 Å². The molecule has 1 N–H and O–H groups in total. The van der Waals surface area contributed by atoms with Gasteiger partial charge in [-0.1, -0.05) is 60.7 Å². The first-order chi connectivity index (χ1) is 16.2. The van der Waals surface area contributed by atoms with Gasteiger partial charge in [0.2, 0.25) is 21.8 Å². The Morgan fingerprint density at radius 2 is 1.53 bits per heavy atom. The van der Waals surface area contributed by atoms with E-state index in [1.807, 2.05) is 67.6 Å². The number of carbonyl (C=O) groups excluding carboxylic acids is 2. The van der Waals surface area contributed by atoms with Crippen LogP contribution in [0.15, 0.2) is 60.7 Å². The molecule has 0 radical (unpaired) electrons. The van der Waals surface area contributed by atoms with Gasteiger partial charge in [0, 0.05) is 32.8 Å². The maximum absolute atomic E-state index is 13.4. The molecule has 1 atom stereocenters. The predicted octanol–water partition coefficient (Wildman–Crippen LogP) is 2.41. The fourth-order valence-corrected chi connectivity index (χ4v) is 4.09. The van der Waals surface area contributed by atoms with E-state index in [1.54, 1.807) is 6.92 Å². The quantitative estimate of drug-likeness (QED) is 0.411. The average Bonchev–Trinajstić information content (AvgIpc) is 2.82. The van der Waals surface area contributed by atoms with E-state index in [0.717, 1.165) is 21.7 Å². The second-order valence-corrected chi connectivity index (χ2v) is 10.0. The molecular formula is C25H35N3O5S. The SMILES string of the molecule is CCOCCCNC(=O)C(C)N(Cc1ccccc1)C(=O)CN(Cc1ccccc1)S(C)(=O)=O. The maximum Gasteiger partial charge on any atom is 0.242 e. The van der Waals surface area contributed by atoms with Gasteiger partial charge in [-0.3, -0.25) is 9.59 Å². The van der Waals surface area contributed by atoms with Crippen LogP contribution in [0.3, 0.4) is 0 Å². The van der Waals surface area contributed by atoms with Crippen molar-refractivity contribution in [1.82, 2.24) is 14.5 Å². The highest BCUT2D eigenvalue weighted by Gasteiger charge is 2.29. The van der Waals surface area contributed by atoms with Crippen LogP contribution in [-0.2, 0) is 37.4 Å². The standard InChI is InChI=1S/C25H35N3O5S/c1-4-33-17-11-16-26-25(30)21(2)28(19-23-14-9-6-10-15-23)24(29)20-27(34(3,31)32)18-22-12-7-5-8-13-22/h5-10,12-15,21H,4,11,16-20H2,1-3H3,(H,26,30). The van der Waals surface area contributed by atoms with Crippen LogP contribution in [0.1, 0.15) is 31.4 Å². The Morgan fingerprint density at radius 1 is 0.971 bits per heavy atom. The summed E-state index contributed by atoms with van der Waals surface area (Å²) in [4.78, 5) is 27.6. The van der Waals surface area contributed by atoms with Gasteiger partial charge in [-0.2, -0.15) is 4.31 Å². The number of hydrogen-bond acceptors (Lipinski definition) is 5. The molecule has 2 amide bonds. The third-order valence-corrected chi connectivity index (χ3v) is 6.51. The monoisotopic (exact) mass is 489 g/mol. The Morgan fingerprint density at radius 3 is 2.06 bits per heavy atom. The van der Waals surface area contributed by atoms with Crippen LogP contribution in [0.25, 0.3) is 0 Å². The van der Waals surface area contributed by atoms with E-state index in [4.69, 9.17) is 4.74 Å². The van der Waals surface area contributed by atoms with Crippen molar-refractivity contribution in [2.24, 2.45) is 0 Å². The van der Waals surface area contributed by atoms with Crippen molar-refractivity contribution in [3.8, 4) is 0 Å². The third kappa shape index (κ3) is 9.24. The first-order valence-electron chi connectivity index (χ1n) is 11.4. The fourth-order valence-electron chi connectivity index (χ4n) is 3.36. The molecule has 0 aliphatic heterocycles. The summed E-state index contributed by atoms with van der Waals surface area (Å²) in [6.45, 7) is 5.05. The molecule has 2 rings (SSSR count). The van der Waals surface area contributed by atoms with E-state index < -0.39 is 22.0 Å². The van der Waals surface area contributed by atoms with Crippen molar-refractivity contribution >= 4 is 21.8 Å². The molecule has 34 heavy (non-hydrogen) atoms. The Labute approximate surface area is 202 Å². The second-order valence-electron chi connectivity index (χ2n) is 8.04. The number of ether oxygens (including phenoxy) is 1. The van der Waals surface area contributed by atoms with Gasteiger partial charge < -0.3 is 15.0 Å². The molecule has 0 aliphatic rings. The summed E-state index contributed by atoms with van der Waals surface area (Å²) in [5.41, 5.74) is 1.62. The second kappa shape index (κ2) is 13.8. The molecule has 0 saturated heterocycles. The molecule has 0 saturated carbocycles. The fraction of sp³-hybridized carbons (Fsp3) is 0.440. The Hall–Kier alpha value is -2.75. The first kappa shape index (κ1) is 27.5. The van der Waals surface area contributed by atoms with Gasteiger partial charge in [0.15, 0.2) is 0 Å². The number of rotatable bonds is 14. The smallest absolute Gasteiger partial charge is 0.242 e. The lowest BCUT2D eigenvalue weighted by Crippen LogP contribution is -2.51. The highest BCUT2D eigenvalue weighted by atomic mass is 32.2. The van der Waals surface area contributed by atoms with Gasteiger partial charge in [-0.25, -0.2) is 8.42 Å². The van der Waals surface area contributed by atoms with Gasteiger partial charge in [0.25, 0.3) is 0 Å².